The number of halogens is 2. The highest BCUT2D eigenvalue weighted by atomic mass is 32.2. The molecule has 5 heteroatoms. The van der Waals surface area contributed by atoms with Crippen molar-refractivity contribution in [1.29, 1.82) is 0 Å². The molecule has 1 aromatic rings. The molecule has 0 spiro atoms. The van der Waals surface area contributed by atoms with Crippen LogP contribution in [0.1, 0.15) is 5.56 Å². The molecule has 0 aliphatic carbocycles. The van der Waals surface area contributed by atoms with E-state index in [4.69, 9.17) is 4.55 Å². The van der Waals surface area contributed by atoms with Crippen LogP contribution in [0, 0.1) is 11.6 Å². The van der Waals surface area contributed by atoms with E-state index in [1.54, 1.807) is 0 Å². The summed E-state index contributed by atoms with van der Waals surface area (Å²) in [7, 11) is 0. The molecule has 0 radical (unpaired) electrons. The predicted octanol–water partition coefficient (Wildman–Crippen LogP) is 1.69. The third kappa shape index (κ3) is 2.35. The largest absolute Gasteiger partial charge is 0.306 e. The molecule has 0 aromatic heterocycles. The fourth-order valence-corrected chi connectivity index (χ4v) is 1.27. The molecule has 0 saturated heterocycles. The van der Waals surface area contributed by atoms with Crippen LogP contribution in [0.3, 0.4) is 0 Å². The molecule has 0 fully saturated rings. The van der Waals surface area contributed by atoms with Crippen molar-refractivity contribution >= 4 is 11.1 Å². The summed E-state index contributed by atoms with van der Waals surface area (Å²) >= 11 is -2.14. The van der Waals surface area contributed by atoms with Crippen LogP contribution in [0.4, 0.5) is 8.78 Å². The van der Waals surface area contributed by atoms with E-state index in [2.05, 4.69) is 0 Å². The van der Waals surface area contributed by atoms with Crippen LogP contribution in [0.2, 0.25) is 0 Å². The Morgan fingerprint density at radius 2 is 2.08 bits per heavy atom. The molecule has 1 N–H and O–H groups in total. The van der Waals surface area contributed by atoms with Crippen molar-refractivity contribution in [3.05, 3.63) is 35.4 Å². The molecular weight excluding hydrogens is 186 g/mol. The zero-order chi connectivity index (χ0) is 9.14. The Morgan fingerprint density at radius 1 is 1.42 bits per heavy atom. The van der Waals surface area contributed by atoms with Crippen molar-refractivity contribution in [3.63, 3.8) is 0 Å². The van der Waals surface area contributed by atoms with Gasteiger partial charge in [0.1, 0.15) is 11.6 Å². The van der Waals surface area contributed by atoms with Gasteiger partial charge in [0.15, 0.2) is 11.1 Å². The Morgan fingerprint density at radius 3 is 2.67 bits per heavy atom. The van der Waals surface area contributed by atoms with Crippen LogP contribution in [-0.2, 0) is 16.8 Å². The van der Waals surface area contributed by atoms with E-state index in [1.165, 1.54) is 0 Å². The Hall–Kier alpha value is -0.810. The zero-order valence-electron chi connectivity index (χ0n) is 5.96. The third-order valence-corrected chi connectivity index (χ3v) is 1.84. The fourth-order valence-electron chi connectivity index (χ4n) is 0.787. The summed E-state index contributed by atoms with van der Waals surface area (Å²) in [5, 5.41) is 0. The maximum Gasteiger partial charge on any atom is 0.157 e. The van der Waals surface area contributed by atoms with Gasteiger partial charge in [-0.3, -0.25) is 0 Å². The molecule has 1 unspecified atom stereocenters. The zero-order valence-corrected chi connectivity index (χ0v) is 6.78. The summed E-state index contributed by atoms with van der Waals surface area (Å²) in [5.74, 6) is -1.67. The summed E-state index contributed by atoms with van der Waals surface area (Å²) in [6.07, 6.45) is 0. The van der Waals surface area contributed by atoms with Crippen LogP contribution in [0.25, 0.3) is 0 Å². The highest BCUT2D eigenvalue weighted by Gasteiger charge is 2.05. The normalized spacial score (nSPS) is 12.9. The Bertz CT molecular complexity index is 314. The average Bonchev–Trinajstić information content (AvgIpc) is 1.96. The highest BCUT2D eigenvalue weighted by molar-refractivity contribution is 7.78. The molecule has 66 valence electrons. The van der Waals surface area contributed by atoms with Crippen LogP contribution in [-0.4, -0.2) is 8.76 Å². The van der Waals surface area contributed by atoms with Crippen LogP contribution >= 0.6 is 0 Å². The van der Waals surface area contributed by atoms with Crippen LogP contribution in [0.5, 0.6) is 0 Å². The second kappa shape index (κ2) is 3.73. The maximum atomic E-state index is 12.7. The number of rotatable bonds is 2. The minimum absolute atomic E-state index is 0.0872. The summed E-state index contributed by atoms with van der Waals surface area (Å²) in [5.41, 5.74) is -0.0872. The van der Waals surface area contributed by atoms with Gasteiger partial charge in [0.25, 0.3) is 0 Å². The lowest BCUT2D eigenvalue weighted by atomic mass is 10.2. The van der Waals surface area contributed by atoms with Crippen molar-refractivity contribution in [1.82, 2.24) is 0 Å². The van der Waals surface area contributed by atoms with Gasteiger partial charge in [-0.05, 0) is 18.2 Å². The van der Waals surface area contributed by atoms with Gasteiger partial charge in [0, 0.05) is 5.56 Å². The van der Waals surface area contributed by atoms with Gasteiger partial charge in [0.2, 0.25) is 0 Å². The van der Waals surface area contributed by atoms with Crippen molar-refractivity contribution in [2.24, 2.45) is 0 Å². The smallest absolute Gasteiger partial charge is 0.157 e. The molecule has 12 heavy (non-hydrogen) atoms. The third-order valence-electron chi connectivity index (χ3n) is 1.29. The number of benzene rings is 1. The lowest BCUT2D eigenvalue weighted by Crippen LogP contribution is -1.97. The minimum atomic E-state index is -2.14. The van der Waals surface area contributed by atoms with Crippen molar-refractivity contribution < 1.29 is 17.5 Å². The van der Waals surface area contributed by atoms with Gasteiger partial charge in [-0.1, -0.05) is 0 Å². The molecule has 1 aromatic carbocycles. The summed E-state index contributed by atoms with van der Waals surface area (Å²) in [6.45, 7) is 0. The van der Waals surface area contributed by atoms with Crippen molar-refractivity contribution in [2.75, 3.05) is 0 Å². The first-order valence-electron chi connectivity index (χ1n) is 3.11. The molecule has 1 rings (SSSR count). The van der Waals surface area contributed by atoms with E-state index in [-0.39, 0.29) is 11.3 Å². The van der Waals surface area contributed by atoms with Crippen LogP contribution in [0.15, 0.2) is 18.2 Å². The van der Waals surface area contributed by atoms with E-state index in [0.717, 1.165) is 18.2 Å². The Balaban J connectivity index is 2.97. The number of hydrogen-bond acceptors (Lipinski definition) is 1. The summed E-state index contributed by atoms with van der Waals surface area (Å²) in [6, 6.07) is 2.79. The van der Waals surface area contributed by atoms with Gasteiger partial charge in [0.05, 0.1) is 5.75 Å². The number of hydrogen-bond donors (Lipinski definition) is 1. The monoisotopic (exact) mass is 192 g/mol. The topological polar surface area (TPSA) is 37.3 Å². The highest BCUT2D eigenvalue weighted by Crippen LogP contribution is 2.10. The molecule has 0 bridgehead atoms. The lowest BCUT2D eigenvalue weighted by molar-refractivity contribution is 0.556. The van der Waals surface area contributed by atoms with Gasteiger partial charge in [-0.2, -0.15) is 0 Å². The quantitative estimate of drug-likeness (QED) is 0.724. The predicted molar refractivity (Wildman–Crippen MR) is 40.8 cm³/mol. The molecule has 2 nitrogen and oxygen atoms in total. The van der Waals surface area contributed by atoms with E-state index in [1.807, 2.05) is 0 Å². The SMILES string of the molecule is O=S(O)Cc1cc(F)ccc1F. The maximum absolute atomic E-state index is 12.7. The average molecular weight is 192 g/mol. The lowest BCUT2D eigenvalue weighted by Gasteiger charge is -1.98. The molecule has 0 amide bonds. The second-order valence-corrected chi connectivity index (χ2v) is 3.13. The minimum Gasteiger partial charge on any atom is -0.306 e. The molecule has 0 aliphatic heterocycles. The van der Waals surface area contributed by atoms with E-state index >= 15 is 0 Å². The van der Waals surface area contributed by atoms with E-state index < -0.39 is 22.7 Å². The first kappa shape index (κ1) is 9.28. The van der Waals surface area contributed by atoms with Crippen molar-refractivity contribution in [2.45, 2.75) is 5.75 Å². The first-order chi connectivity index (χ1) is 5.59. The molecular formula is C7H6F2O2S. The molecule has 0 saturated carbocycles. The standard InChI is InChI=1S/C7H6F2O2S/c8-6-1-2-7(9)5(3-6)4-12(10)11/h1-3H,4H2,(H,10,11). The Labute approximate surface area is 70.5 Å². The van der Waals surface area contributed by atoms with Crippen LogP contribution < -0.4 is 0 Å². The molecule has 0 aliphatic rings. The van der Waals surface area contributed by atoms with Gasteiger partial charge >= 0.3 is 0 Å². The van der Waals surface area contributed by atoms with E-state index in [9.17, 15) is 13.0 Å². The Kier molecular flexibility index (Phi) is 2.88. The second-order valence-electron chi connectivity index (χ2n) is 2.20. The van der Waals surface area contributed by atoms with E-state index in [0.29, 0.717) is 0 Å². The van der Waals surface area contributed by atoms with Gasteiger partial charge < -0.3 is 4.55 Å². The molecule has 0 heterocycles. The summed E-state index contributed by atoms with van der Waals surface area (Å²) < 4.78 is 43.8. The van der Waals surface area contributed by atoms with Gasteiger partial charge in [-0.25, -0.2) is 13.0 Å². The summed E-state index contributed by atoms with van der Waals surface area (Å²) in [4.78, 5) is 0. The van der Waals surface area contributed by atoms with Gasteiger partial charge in [-0.15, -0.1) is 0 Å². The first-order valence-corrected chi connectivity index (χ1v) is 4.38. The molecule has 1 atom stereocenters. The van der Waals surface area contributed by atoms with Crippen molar-refractivity contribution in [3.8, 4) is 0 Å². The fraction of sp³-hybridized carbons (Fsp3) is 0.143.